The Kier molecular flexibility index (Phi) is 8.84. The minimum atomic E-state index is 0.696. The average molecular weight is 289 g/mol. The molecular weight excluding hydrogens is 258 g/mol. The highest BCUT2D eigenvalue weighted by molar-refractivity contribution is 5.53. The van der Waals surface area contributed by atoms with E-state index in [2.05, 4.69) is 63.4 Å². The molecule has 0 amide bonds. The zero-order chi connectivity index (χ0) is 15.5. The Balaban J connectivity index is 2.38. The second-order valence-electron chi connectivity index (χ2n) is 6.14. The maximum atomic E-state index is 5.73. The van der Waals surface area contributed by atoms with Crippen LogP contribution in [-0.2, 0) is 0 Å². The molecule has 118 valence electrons. The molecule has 0 saturated heterocycles. The van der Waals surface area contributed by atoms with E-state index in [0.717, 1.165) is 31.9 Å². The third-order valence-corrected chi connectivity index (χ3v) is 3.27. The summed E-state index contributed by atoms with van der Waals surface area (Å²) in [5.74, 6) is 1.67. The Morgan fingerprint density at radius 1 is 1.19 bits per heavy atom. The first kappa shape index (κ1) is 17.8. The van der Waals surface area contributed by atoms with Crippen LogP contribution in [0.25, 0.3) is 6.08 Å². The van der Waals surface area contributed by atoms with Gasteiger partial charge in [0.25, 0.3) is 0 Å². The molecule has 2 heteroatoms. The normalized spacial score (nSPS) is 12.0. The molecule has 21 heavy (non-hydrogen) atoms. The zero-order valence-electron chi connectivity index (χ0n) is 14.1. The van der Waals surface area contributed by atoms with Gasteiger partial charge in [-0.3, -0.25) is 0 Å². The topological polar surface area (TPSA) is 21.3 Å². The van der Waals surface area contributed by atoms with Crippen molar-refractivity contribution in [1.82, 2.24) is 5.32 Å². The van der Waals surface area contributed by atoms with Crippen molar-refractivity contribution in [2.75, 3.05) is 19.7 Å². The highest BCUT2D eigenvalue weighted by Crippen LogP contribution is 2.15. The van der Waals surface area contributed by atoms with Crippen molar-refractivity contribution in [3.63, 3.8) is 0 Å². The minimum Gasteiger partial charge on any atom is -0.494 e. The minimum absolute atomic E-state index is 0.696. The molecule has 0 bridgehead atoms. The Hall–Kier alpha value is -1.28. The molecule has 0 aliphatic carbocycles. The molecule has 1 aromatic rings. The van der Waals surface area contributed by atoms with Crippen LogP contribution in [0.3, 0.4) is 0 Å². The molecule has 0 aromatic heterocycles. The largest absolute Gasteiger partial charge is 0.494 e. The van der Waals surface area contributed by atoms with E-state index in [1.807, 2.05) is 0 Å². The molecule has 0 aliphatic heterocycles. The van der Waals surface area contributed by atoms with Crippen LogP contribution in [0.1, 0.15) is 52.5 Å². The average Bonchev–Trinajstić information content (AvgIpc) is 2.45. The second kappa shape index (κ2) is 10.4. The molecule has 0 atom stereocenters. The fraction of sp³-hybridized carbons (Fsp3) is 0.579. The predicted molar refractivity (Wildman–Crippen MR) is 92.8 cm³/mol. The van der Waals surface area contributed by atoms with Crippen LogP contribution in [-0.4, -0.2) is 19.7 Å². The van der Waals surface area contributed by atoms with Crippen LogP contribution >= 0.6 is 0 Å². The Bertz CT molecular complexity index is 406. The van der Waals surface area contributed by atoms with E-state index in [9.17, 15) is 0 Å². The van der Waals surface area contributed by atoms with Crippen LogP contribution in [0.4, 0.5) is 0 Å². The molecule has 1 rings (SSSR count). The molecule has 0 saturated carbocycles. The smallest absolute Gasteiger partial charge is 0.119 e. The highest BCUT2D eigenvalue weighted by Gasteiger charge is 1.97. The lowest BCUT2D eigenvalue weighted by atomic mass is 10.1. The standard InChI is InChI=1S/C19H31NO/c1-5-6-7-12-21-19-10-8-18(9-11-19)13-17(4)15-20-14-16(2)3/h8-11,13,16,20H,5-7,12,14-15H2,1-4H3. The number of rotatable bonds is 10. The summed E-state index contributed by atoms with van der Waals surface area (Å²) in [5.41, 5.74) is 2.59. The number of nitrogens with one attached hydrogen (secondary N) is 1. The van der Waals surface area contributed by atoms with Crippen molar-refractivity contribution < 1.29 is 4.74 Å². The zero-order valence-corrected chi connectivity index (χ0v) is 14.1. The summed E-state index contributed by atoms with van der Waals surface area (Å²) in [6, 6.07) is 8.38. The second-order valence-corrected chi connectivity index (χ2v) is 6.14. The number of hydrogen-bond donors (Lipinski definition) is 1. The molecule has 0 heterocycles. The van der Waals surface area contributed by atoms with Gasteiger partial charge in [-0.25, -0.2) is 0 Å². The Morgan fingerprint density at radius 3 is 2.52 bits per heavy atom. The van der Waals surface area contributed by atoms with Crippen LogP contribution in [0.2, 0.25) is 0 Å². The maximum Gasteiger partial charge on any atom is 0.119 e. The van der Waals surface area contributed by atoms with Gasteiger partial charge in [0.2, 0.25) is 0 Å². The van der Waals surface area contributed by atoms with Gasteiger partial charge in [-0.15, -0.1) is 0 Å². The quantitative estimate of drug-likeness (QED) is 0.618. The number of unbranched alkanes of at least 4 members (excludes halogenated alkanes) is 2. The van der Waals surface area contributed by atoms with E-state index in [-0.39, 0.29) is 0 Å². The van der Waals surface area contributed by atoms with Crippen molar-refractivity contribution in [1.29, 1.82) is 0 Å². The predicted octanol–water partition coefficient (Wildman–Crippen LogP) is 4.90. The van der Waals surface area contributed by atoms with Gasteiger partial charge in [-0.1, -0.05) is 57.4 Å². The van der Waals surface area contributed by atoms with Crippen molar-refractivity contribution in [3.05, 3.63) is 35.4 Å². The van der Waals surface area contributed by atoms with Gasteiger partial charge in [0.15, 0.2) is 0 Å². The van der Waals surface area contributed by atoms with Gasteiger partial charge < -0.3 is 10.1 Å². The number of benzene rings is 1. The van der Waals surface area contributed by atoms with Gasteiger partial charge in [0, 0.05) is 6.54 Å². The summed E-state index contributed by atoms with van der Waals surface area (Å²) in [6.45, 7) is 11.7. The first-order valence-electron chi connectivity index (χ1n) is 8.22. The molecule has 1 aromatic carbocycles. The summed E-state index contributed by atoms with van der Waals surface area (Å²) in [4.78, 5) is 0. The van der Waals surface area contributed by atoms with Crippen molar-refractivity contribution in [3.8, 4) is 5.75 Å². The van der Waals surface area contributed by atoms with Crippen molar-refractivity contribution in [2.24, 2.45) is 5.92 Å². The van der Waals surface area contributed by atoms with Gasteiger partial charge >= 0.3 is 0 Å². The van der Waals surface area contributed by atoms with Crippen molar-refractivity contribution >= 4 is 6.08 Å². The highest BCUT2D eigenvalue weighted by atomic mass is 16.5. The van der Waals surface area contributed by atoms with Gasteiger partial charge in [0.05, 0.1) is 6.61 Å². The van der Waals surface area contributed by atoms with Crippen molar-refractivity contribution in [2.45, 2.75) is 47.0 Å². The first-order chi connectivity index (χ1) is 10.1. The molecular formula is C19H31NO. The van der Waals surface area contributed by atoms with E-state index in [1.54, 1.807) is 0 Å². The van der Waals surface area contributed by atoms with Gasteiger partial charge in [-0.05, 0) is 43.5 Å². The molecule has 0 unspecified atom stereocenters. The van der Waals surface area contributed by atoms with E-state index >= 15 is 0 Å². The summed E-state index contributed by atoms with van der Waals surface area (Å²) >= 11 is 0. The monoisotopic (exact) mass is 289 g/mol. The fourth-order valence-electron chi connectivity index (χ4n) is 2.10. The van der Waals surface area contributed by atoms with Crippen LogP contribution in [0.15, 0.2) is 29.8 Å². The Morgan fingerprint density at radius 2 is 1.90 bits per heavy atom. The van der Waals surface area contributed by atoms with Gasteiger partial charge in [-0.2, -0.15) is 0 Å². The summed E-state index contributed by atoms with van der Waals surface area (Å²) in [5, 5.41) is 3.46. The summed E-state index contributed by atoms with van der Waals surface area (Å²) < 4.78 is 5.73. The summed E-state index contributed by atoms with van der Waals surface area (Å²) in [7, 11) is 0. The lowest BCUT2D eigenvalue weighted by Crippen LogP contribution is -2.21. The third kappa shape index (κ3) is 8.56. The molecule has 0 fully saturated rings. The molecule has 1 N–H and O–H groups in total. The van der Waals surface area contributed by atoms with Crippen LogP contribution in [0.5, 0.6) is 5.75 Å². The van der Waals surface area contributed by atoms with E-state index < -0.39 is 0 Å². The molecule has 2 nitrogen and oxygen atoms in total. The number of hydrogen-bond acceptors (Lipinski definition) is 2. The van der Waals surface area contributed by atoms with E-state index in [4.69, 9.17) is 4.74 Å². The summed E-state index contributed by atoms with van der Waals surface area (Å²) in [6.07, 6.45) is 5.84. The molecule has 0 aliphatic rings. The lowest BCUT2D eigenvalue weighted by Gasteiger charge is -2.08. The third-order valence-electron chi connectivity index (χ3n) is 3.27. The molecule has 0 spiro atoms. The van der Waals surface area contributed by atoms with E-state index in [1.165, 1.54) is 24.0 Å². The first-order valence-corrected chi connectivity index (χ1v) is 8.22. The maximum absolute atomic E-state index is 5.73. The Labute approximate surface area is 130 Å². The fourth-order valence-corrected chi connectivity index (χ4v) is 2.10. The van der Waals surface area contributed by atoms with Crippen LogP contribution < -0.4 is 10.1 Å². The van der Waals surface area contributed by atoms with Crippen LogP contribution in [0, 0.1) is 5.92 Å². The van der Waals surface area contributed by atoms with Gasteiger partial charge in [0.1, 0.15) is 5.75 Å². The SMILES string of the molecule is CCCCCOc1ccc(C=C(C)CNCC(C)C)cc1. The molecule has 0 radical (unpaired) electrons. The van der Waals surface area contributed by atoms with E-state index in [0.29, 0.717) is 5.92 Å². The lowest BCUT2D eigenvalue weighted by molar-refractivity contribution is 0.306. The number of ether oxygens (including phenoxy) is 1.